The smallest absolute Gasteiger partial charge is 0.256 e. The highest BCUT2D eigenvalue weighted by atomic mass is 32.1. The maximum Gasteiger partial charge on any atom is 0.256 e. The maximum atomic E-state index is 13.3. The van der Waals surface area contributed by atoms with E-state index in [4.69, 9.17) is 4.98 Å². The first kappa shape index (κ1) is 20.9. The molecule has 6 rings (SSSR count). The molecular weight excluding hydrogens is 466 g/mol. The van der Waals surface area contributed by atoms with E-state index in [0.717, 1.165) is 42.6 Å². The number of amides is 2. The van der Waals surface area contributed by atoms with E-state index >= 15 is 0 Å². The number of aromatic nitrogens is 3. The van der Waals surface area contributed by atoms with Crippen LogP contribution in [0.4, 0.5) is 5.00 Å². The van der Waals surface area contributed by atoms with Gasteiger partial charge in [0.25, 0.3) is 5.91 Å². The Morgan fingerprint density at radius 1 is 1.00 bits per heavy atom. The molecule has 7 nitrogen and oxygen atoms in total. The summed E-state index contributed by atoms with van der Waals surface area (Å²) in [5.74, 6) is -0.152. The Morgan fingerprint density at radius 2 is 1.82 bits per heavy atom. The van der Waals surface area contributed by atoms with Gasteiger partial charge in [-0.1, -0.05) is 12.1 Å². The molecule has 168 valence electrons. The number of hydrogen-bond acceptors (Lipinski definition) is 7. The Labute approximate surface area is 203 Å². The van der Waals surface area contributed by atoms with Gasteiger partial charge in [0.1, 0.15) is 10.0 Å². The van der Waals surface area contributed by atoms with Gasteiger partial charge in [-0.2, -0.15) is 0 Å². The zero-order chi connectivity index (χ0) is 23.2. The summed E-state index contributed by atoms with van der Waals surface area (Å²) in [7, 11) is 0. The first-order valence-corrected chi connectivity index (χ1v) is 12.5. The second-order valence-electron chi connectivity index (χ2n) is 8.10. The van der Waals surface area contributed by atoms with Gasteiger partial charge >= 0.3 is 0 Å². The number of nitrogens with zero attached hydrogens (tertiary/aromatic N) is 4. The molecule has 3 aromatic heterocycles. The van der Waals surface area contributed by atoms with E-state index in [2.05, 4.69) is 21.4 Å². The monoisotopic (exact) mass is 485 g/mol. The fraction of sp³-hybridized carbons (Fsp3) is 0.160. The fourth-order valence-corrected chi connectivity index (χ4v) is 6.61. The number of para-hydroxylation sites is 1. The van der Waals surface area contributed by atoms with E-state index in [1.165, 1.54) is 16.9 Å². The van der Waals surface area contributed by atoms with Crippen LogP contribution in [0.5, 0.6) is 0 Å². The number of rotatable bonds is 3. The third-order valence-corrected chi connectivity index (χ3v) is 8.15. The second kappa shape index (κ2) is 8.27. The van der Waals surface area contributed by atoms with Gasteiger partial charge in [-0.3, -0.25) is 19.6 Å². The van der Waals surface area contributed by atoms with Crippen LogP contribution >= 0.6 is 22.7 Å². The van der Waals surface area contributed by atoms with Crippen molar-refractivity contribution in [3.63, 3.8) is 0 Å². The number of anilines is 1. The van der Waals surface area contributed by atoms with Crippen molar-refractivity contribution in [3.05, 3.63) is 70.9 Å². The van der Waals surface area contributed by atoms with Crippen LogP contribution in [0.3, 0.4) is 0 Å². The third-order valence-electron chi connectivity index (χ3n) is 5.97. The number of thiophene rings is 1. The minimum absolute atomic E-state index is 0.0587. The molecule has 0 radical (unpaired) electrons. The molecule has 0 saturated heterocycles. The van der Waals surface area contributed by atoms with Crippen molar-refractivity contribution < 1.29 is 9.59 Å². The van der Waals surface area contributed by atoms with E-state index in [0.29, 0.717) is 24.2 Å². The molecule has 4 heterocycles. The average molecular weight is 486 g/mol. The number of nitrogens with one attached hydrogen (secondary N) is 1. The number of carbonyl (C=O) groups excluding carboxylic acids is 2. The predicted molar refractivity (Wildman–Crippen MR) is 135 cm³/mol. The highest BCUT2D eigenvalue weighted by Gasteiger charge is 2.28. The van der Waals surface area contributed by atoms with Crippen molar-refractivity contribution in [1.82, 2.24) is 19.9 Å². The molecule has 0 unspecified atom stereocenters. The summed E-state index contributed by atoms with van der Waals surface area (Å²) in [6.45, 7) is 2.81. The highest BCUT2D eigenvalue weighted by molar-refractivity contribution is 7.23. The molecule has 5 aromatic rings. The molecule has 1 aliphatic rings. The zero-order valence-electron chi connectivity index (χ0n) is 18.2. The highest BCUT2D eigenvalue weighted by Crippen LogP contribution is 2.45. The summed E-state index contributed by atoms with van der Waals surface area (Å²) >= 11 is 3.15. The van der Waals surface area contributed by atoms with Gasteiger partial charge in [-0.25, -0.2) is 4.98 Å². The number of hydrogen-bond donors (Lipinski definition) is 1. The lowest BCUT2D eigenvalue weighted by Gasteiger charge is -2.26. The molecule has 1 aliphatic heterocycles. The van der Waals surface area contributed by atoms with Crippen LogP contribution in [0.2, 0.25) is 0 Å². The lowest BCUT2D eigenvalue weighted by atomic mass is 10.0. The fourth-order valence-electron chi connectivity index (χ4n) is 4.25. The van der Waals surface area contributed by atoms with E-state index in [1.54, 1.807) is 48.9 Å². The predicted octanol–water partition coefficient (Wildman–Crippen LogP) is 5.12. The van der Waals surface area contributed by atoms with Gasteiger partial charge in [0.15, 0.2) is 0 Å². The molecule has 0 saturated carbocycles. The number of carbonyl (C=O) groups is 2. The van der Waals surface area contributed by atoms with Crippen molar-refractivity contribution in [1.29, 1.82) is 0 Å². The van der Waals surface area contributed by atoms with Crippen molar-refractivity contribution in [2.45, 2.75) is 19.9 Å². The zero-order valence-corrected chi connectivity index (χ0v) is 19.9. The van der Waals surface area contributed by atoms with Crippen LogP contribution in [0.15, 0.2) is 54.9 Å². The number of thiazole rings is 1. The molecule has 0 fully saturated rings. The molecule has 9 heteroatoms. The molecule has 0 bridgehead atoms. The molecule has 1 N–H and O–H groups in total. The molecule has 2 aromatic carbocycles. The Bertz CT molecular complexity index is 1560. The van der Waals surface area contributed by atoms with Crippen LogP contribution in [0.25, 0.3) is 31.8 Å². The van der Waals surface area contributed by atoms with Gasteiger partial charge < -0.3 is 10.2 Å². The minimum Gasteiger partial charge on any atom is -0.337 e. The van der Waals surface area contributed by atoms with E-state index in [-0.39, 0.29) is 11.8 Å². The second-order valence-corrected chi connectivity index (χ2v) is 10.2. The van der Waals surface area contributed by atoms with Crippen molar-refractivity contribution in [2.24, 2.45) is 0 Å². The molecular formula is C25H19N5O2S2. The first-order valence-electron chi connectivity index (χ1n) is 10.8. The van der Waals surface area contributed by atoms with Crippen LogP contribution in [-0.2, 0) is 17.8 Å². The maximum absolute atomic E-state index is 13.3. The lowest BCUT2D eigenvalue weighted by Crippen LogP contribution is -2.33. The average Bonchev–Trinajstić information content (AvgIpc) is 3.43. The molecule has 0 spiro atoms. The quantitative estimate of drug-likeness (QED) is 0.383. The summed E-state index contributed by atoms with van der Waals surface area (Å²) in [6, 6.07) is 13.3. The normalized spacial score (nSPS) is 13.3. The topological polar surface area (TPSA) is 88.1 Å². The van der Waals surface area contributed by atoms with Crippen molar-refractivity contribution >= 4 is 60.7 Å². The Hall–Kier alpha value is -3.69. The first-order chi connectivity index (χ1) is 16.6. The van der Waals surface area contributed by atoms with E-state index < -0.39 is 0 Å². The van der Waals surface area contributed by atoms with Gasteiger partial charge in [-0.05, 0) is 42.3 Å². The third kappa shape index (κ3) is 3.63. The van der Waals surface area contributed by atoms with Crippen LogP contribution in [-0.4, -0.2) is 38.2 Å². The number of benzene rings is 2. The van der Waals surface area contributed by atoms with Gasteiger partial charge in [-0.15, -0.1) is 22.7 Å². The standard InChI is InChI=1S/C25H19N5O2S2/c1-14(31)30-11-8-16-21(13-30)34-25(22(16)24-28-18-4-2-3-5-20(18)33-24)29-23(32)15-6-7-17-19(12-15)27-10-9-26-17/h2-7,9-10,12H,8,11,13H2,1H3,(H,29,32). The Morgan fingerprint density at radius 3 is 2.65 bits per heavy atom. The SMILES string of the molecule is CC(=O)N1CCc2c(sc(NC(=O)c3ccc4nccnc4c3)c2-c2nc3ccccc3s2)C1. The minimum atomic E-state index is -0.211. The summed E-state index contributed by atoms with van der Waals surface area (Å²) in [5, 5.41) is 4.78. The Balaban J connectivity index is 1.42. The van der Waals surface area contributed by atoms with Gasteiger partial charge in [0.2, 0.25) is 5.91 Å². The van der Waals surface area contributed by atoms with Crippen LogP contribution in [0.1, 0.15) is 27.7 Å². The number of fused-ring (bicyclic) bond motifs is 3. The largest absolute Gasteiger partial charge is 0.337 e. The van der Waals surface area contributed by atoms with Gasteiger partial charge in [0, 0.05) is 41.9 Å². The van der Waals surface area contributed by atoms with Crippen molar-refractivity contribution in [2.75, 3.05) is 11.9 Å². The Kier molecular flexibility index (Phi) is 5.08. The van der Waals surface area contributed by atoms with E-state index in [9.17, 15) is 9.59 Å². The summed E-state index contributed by atoms with van der Waals surface area (Å²) in [6.07, 6.45) is 3.98. The summed E-state index contributed by atoms with van der Waals surface area (Å²) < 4.78 is 1.10. The summed E-state index contributed by atoms with van der Waals surface area (Å²) in [4.78, 5) is 41.7. The van der Waals surface area contributed by atoms with Gasteiger partial charge in [0.05, 0.1) is 27.8 Å². The van der Waals surface area contributed by atoms with Crippen molar-refractivity contribution in [3.8, 4) is 10.6 Å². The van der Waals surface area contributed by atoms with Crippen LogP contribution < -0.4 is 5.32 Å². The molecule has 34 heavy (non-hydrogen) atoms. The lowest BCUT2D eigenvalue weighted by molar-refractivity contribution is -0.129. The molecule has 0 aliphatic carbocycles. The summed E-state index contributed by atoms with van der Waals surface area (Å²) in [5.41, 5.74) is 5.00. The van der Waals surface area contributed by atoms with E-state index in [1.807, 2.05) is 23.1 Å². The van der Waals surface area contributed by atoms with Crippen LogP contribution in [0, 0.1) is 0 Å². The molecule has 0 atom stereocenters. The molecule has 2 amide bonds.